The third-order valence-corrected chi connectivity index (χ3v) is 5.45. The topological polar surface area (TPSA) is 96.5 Å². The smallest absolute Gasteiger partial charge is 0.322 e. The Bertz CT molecular complexity index is 971. The van der Waals surface area contributed by atoms with Crippen LogP contribution in [0.3, 0.4) is 0 Å². The Kier molecular flexibility index (Phi) is 6.10. The first-order chi connectivity index (χ1) is 14.2. The highest BCUT2D eigenvalue weighted by molar-refractivity contribution is 6.08. The first-order valence-corrected chi connectivity index (χ1v) is 9.87. The van der Waals surface area contributed by atoms with E-state index >= 15 is 0 Å². The summed E-state index contributed by atoms with van der Waals surface area (Å²) in [6.45, 7) is 6.02. The third kappa shape index (κ3) is 4.62. The number of aryl methyl sites for hydroxylation is 1. The van der Waals surface area contributed by atoms with Gasteiger partial charge in [0.15, 0.2) is 0 Å². The lowest BCUT2D eigenvalue weighted by molar-refractivity contribution is -0.129. The fourth-order valence-corrected chi connectivity index (χ4v) is 3.53. The minimum atomic E-state index is -1.21. The summed E-state index contributed by atoms with van der Waals surface area (Å²) in [6.07, 6.45) is -0.104. The first-order valence-electron chi connectivity index (χ1n) is 9.87. The lowest BCUT2D eigenvalue weighted by Gasteiger charge is -2.20. The lowest BCUT2D eigenvalue weighted by Crippen LogP contribution is -2.47. The van der Waals surface area contributed by atoms with E-state index in [4.69, 9.17) is 4.74 Å². The summed E-state index contributed by atoms with van der Waals surface area (Å²) in [5.41, 5.74) is 3.20. The molecule has 3 rings (SSSR count). The quantitative estimate of drug-likeness (QED) is 0.613. The molecule has 1 aliphatic heterocycles. The molecule has 0 aliphatic carbocycles. The molecule has 0 bridgehead atoms. The number of hydrogen-bond acceptors (Lipinski definition) is 4. The molecule has 0 saturated carbocycles. The Morgan fingerprint density at radius 1 is 1.13 bits per heavy atom. The van der Waals surface area contributed by atoms with Gasteiger partial charge >= 0.3 is 6.03 Å². The normalized spacial score (nSPS) is 19.1. The molecule has 4 amide bonds. The maximum Gasteiger partial charge on any atom is 0.322 e. The summed E-state index contributed by atoms with van der Waals surface area (Å²) in [7, 11) is 1.66. The summed E-state index contributed by atoms with van der Waals surface area (Å²) < 4.78 is 5.31. The number of carbonyl (C=O) groups excluding carboxylic acids is 3. The van der Waals surface area contributed by atoms with Gasteiger partial charge in [-0.25, -0.2) is 4.79 Å². The summed E-state index contributed by atoms with van der Waals surface area (Å²) in [6, 6.07) is 13.7. The first kappa shape index (κ1) is 21.4. The van der Waals surface area contributed by atoms with Crippen molar-refractivity contribution in [2.24, 2.45) is 0 Å². The number of rotatable bonds is 7. The van der Waals surface area contributed by atoms with Gasteiger partial charge in [-0.15, -0.1) is 0 Å². The minimum absolute atomic E-state index is 0.0976. The van der Waals surface area contributed by atoms with Crippen LogP contribution in [0, 0.1) is 6.92 Å². The van der Waals surface area contributed by atoms with Crippen molar-refractivity contribution in [2.45, 2.75) is 38.6 Å². The second-order valence-electron chi connectivity index (χ2n) is 7.93. The zero-order valence-corrected chi connectivity index (χ0v) is 17.7. The summed E-state index contributed by atoms with van der Waals surface area (Å²) in [4.78, 5) is 35.4. The van der Waals surface area contributed by atoms with Gasteiger partial charge in [-0.2, -0.15) is 0 Å². The molecular weight excluding hydrogens is 382 g/mol. The minimum Gasteiger partial charge on any atom is -0.496 e. The molecule has 1 saturated heterocycles. The van der Waals surface area contributed by atoms with Gasteiger partial charge in [0, 0.05) is 6.54 Å². The van der Waals surface area contributed by atoms with E-state index in [1.807, 2.05) is 26.0 Å². The number of hydrogen-bond donors (Lipinski definition) is 3. The van der Waals surface area contributed by atoms with Crippen molar-refractivity contribution >= 4 is 17.8 Å². The number of urea groups is 1. The zero-order chi connectivity index (χ0) is 21.9. The largest absolute Gasteiger partial charge is 0.496 e. The van der Waals surface area contributed by atoms with Crippen LogP contribution in [0.1, 0.15) is 37.3 Å². The van der Waals surface area contributed by atoms with Gasteiger partial charge in [-0.05, 0) is 54.2 Å². The summed E-state index contributed by atoms with van der Waals surface area (Å²) >= 11 is 0. The van der Waals surface area contributed by atoms with Crippen molar-refractivity contribution in [1.29, 1.82) is 0 Å². The van der Waals surface area contributed by atoms with Gasteiger partial charge < -0.3 is 15.4 Å². The predicted octanol–water partition coefficient (Wildman–Crippen LogP) is 2.88. The standard InChI is InChI=1S/C23H27N3O4/c1-14-11-18(9-10-19(14)30-4)17-7-5-16(6-8-17)15(2)13-24-20(27)12-23(3)21(28)25-22(29)26-23/h5-11,15H,12-13H2,1-4H3,(H,24,27)(H2,25,26,28,29). The van der Waals surface area contributed by atoms with E-state index in [-0.39, 0.29) is 18.2 Å². The van der Waals surface area contributed by atoms with Crippen LogP contribution in [-0.2, 0) is 9.59 Å². The molecule has 2 aromatic carbocycles. The van der Waals surface area contributed by atoms with E-state index in [9.17, 15) is 14.4 Å². The van der Waals surface area contributed by atoms with Crippen molar-refractivity contribution in [3.8, 4) is 16.9 Å². The van der Waals surface area contributed by atoms with Crippen LogP contribution < -0.4 is 20.7 Å². The van der Waals surface area contributed by atoms with Crippen LogP contribution in [0.4, 0.5) is 4.79 Å². The number of ether oxygens (including phenoxy) is 1. The summed E-state index contributed by atoms with van der Waals surface area (Å²) in [5.74, 6) is 0.190. The van der Waals surface area contributed by atoms with Crippen LogP contribution in [0.5, 0.6) is 5.75 Å². The van der Waals surface area contributed by atoms with E-state index in [1.165, 1.54) is 6.92 Å². The Morgan fingerprint density at radius 2 is 1.80 bits per heavy atom. The number of imide groups is 1. The third-order valence-electron chi connectivity index (χ3n) is 5.45. The highest BCUT2D eigenvalue weighted by Crippen LogP contribution is 2.27. The monoisotopic (exact) mass is 409 g/mol. The lowest BCUT2D eigenvalue weighted by atomic mass is 9.96. The SMILES string of the molecule is COc1ccc(-c2ccc(C(C)CNC(=O)CC3(C)NC(=O)NC3=O)cc2)cc1C. The van der Waals surface area contributed by atoms with Crippen LogP contribution >= 0.6 is 0 Å². The fraction of sp³-hybridized carbons (Fsp3) is 0.348. The number of nitrogens with one attached hydrogen (secondary N) is 3. The van der Waals surface area contributed by atoms with Crippen LogP contribution in [0.15, 0.2) is 42.5 Å². The Balaban J connectivity index is 1.57. The molecular formula is C23H27N3O4. The van der Waals surface area contributed by atoms with E-state index in [1.54, 1.807) is 7.11 Å². The van der Waals surface area contributed by atoms with E-state index in [0.717, 1.165) is 28.0 Å². The average Bonchev–Trinajstić information content (AvgIpc) is 2.97. The van der Waals surface area contributed by atoms with E-state index < -0.39 is 17.5 Å². The second kappa shape index (κ2) is 8.57. The number of methoxy groups -OCH3 is 1. The number of amides is 4. The van der Waals surface area contributed by atoms with E-state index in [2.05, 4.69) is 46.3 Å². The highest BCUT2D eigenvalue weighted by atomic mass is 16.5. The number of benzene rings is 2. The van der Waals surface area contributed by atoms with Gasteiger partial charge in [-0.1, -0.05) is 37.3 Å². The molecule has 0 aromatic heterocycles. The zero-order valence-electron chi connectivity index (χ0n) is 17.7. The Labute approximate surface area is 176 Å². The van der Waals surface area contributed by atoms with Crippen LogP contribution in [0.2, 0.25) is 0 Å². The molecule has 158 valence electrons. The Hall–Kier alpha value is -3.35. The molecule has 2 aromatic rings. The molecule has 0 radical (unpaired) electrons. The molecule has 0 spiro atoms. The molecule has 2 unspecified atom stereocenters. The Morgan fingerprint density at radius 3 is 2.37 bits per heavy atom. The van der Waals surface area contributed by atoms with Gasteiger partial charge in [0.05, 0.1) is 13.5 Å². The predicted molar refractivity (Wildman–Crippen MR) is 114 cm³/mol. The molecule has 7 heteroatoms. The summed E-state index contributed by atoms with van der Waals surface area (Å²) in [5, 5.41) is 7.50. The maximum absolute atomic E-state index is 12.3. The van der Waals surface area contributed by atoms with Gasteiger partial charge in [-0.3, -0.25) is 14.9 Å². The molecule has 1 aliphatic rings. The maximum atomic E-state index is 12.3. The van der Waals surface area contributed by atoms with Crippen molar-refractivity contribution in [3.05, 3.63) is 53.6 Å². The van der Waals surface area contributed by atoms with Crippen molar-refractivity contribution in [1.82, 2.24) is 16.0 Å². The van der Waals surface area contributed by atoms with Crippen molar-refractivity contribution in [3.63, 3.8) is 0 Å². The number of carbonyl (C=O) groups is 3. The van der Waals surface area contributed by atoms with Crippen molar-refractivity contribution < 1.29 is 19.1 Å². The fourth-order valence-electron chi connectivity index (χ4n) is 3.53. The van der Waals surface area contributed by atoms with Crippen molar-refractivity contribution in [2.75, 3.05) is 13.7 Å². The molecule has 30 heavy (non-hydrogen) atoms. The highest BCUT2D eigenvalue weighted by Gasteiger charge is 2.43. The average molecular weight is 409 g/mol. The van der Waals surface area contributed by atoms with E-state index in [0.29, 0.717) is 6.54 Å². The van der Waals surface area contributed by atoms with Gasteiger partial charge in [0.2, 0.25) is 5.91 Å². The van der Waals surface area contributed by atoms with Crippen LogP contribution in [0.25, 0.3) is 11.1 Å². The second-order valence-corrected chi connectivity index (χ2v) is 7.93. The molecule has 2 atom stereocenters. The van der Waals surface area contributed by atoms with Crippen LogP contribution in [-0.4, -0.2) is 37.0 Å². The molecule has 1 heterocycles. The van der Waals surface area contributed by atoms with Gasteiger partial charge in [0.1, 0.15) is 11.3 Å². The molecule has 1 fully saturated rings. The molecule has 7 nitrogen and oxygen atoms in total. The van der Waals surface area contributed by atoms with Gasteiger partial charge in [0.25, 0.3) is 5.91 Å². The molecule has 3 N–H and O–H groups in total.